The van der Waals surface area contributed by atoms with Crippen molar-refractivity contribution in [2.24, 2.45) is 0 Å². The van der Waals surface area contributed by atoms with Crippen LogP contribution in [0.2, 0.25) is 0 Å². The van der Waals surface area contributed by atoms with E-state index in [0.717, 1.165) is 44.7 Å². The van der Waals surface area contributed by atoms with Crippen molar-refractivity contribution in [2.45, 2.75) is 19.3 Å². The maximum absolute atomic E-state index is 13.2. The number of benzene rings is 1. The number of carbonyl (C=O) groups excluding carboxylic acids is 1. The summed E-state index contributed by atoms with van der Waals surface area (Å²) < 4.78 is 11.0. The zero-order chi connectivity index (χ0) is 22.3. The molecule has 0 bridgehead atoms. The molecule has 0 fully saturated rings. The lowest BCUT2D eigenvalue weighted by molar-refractivity contribution is 0.0805. The van der Waals surface area contributed by atoms with Gasteiger partial charge in [0.15, 0.2) is 5.82 Å². The molecule has 0 aliphatic carbocycles. The van der Waals surface area contributed by atoms with Crippen molar-refractivity contribution in [3.63, 3.8) is 0 Å². The molecular weight excluding hydrogens is 428 g/mol. The number of carbonyl (C=O) groups is 1. The van der Waals surface area contributed by atoms with E-state index in [1.807, 2.05) is 6.07 Å². The molecule has 1 aromatic carbocycles. The summed E-state index contributed by atoms with van der Waals surface area (Å²) in [6.07, 6.45) is 10.2. The number of amides is 1. The summed E-state index contributed by atoms with van der Waals surface area (Å²) in [4.78, 5) is 26.1. The molecule has 0 N–H and O–H groups in total. The Balaban J connectivity index is 1.33. The Labute approximate surface area is 193 Å². The van der Waals surface area contributed by atoms with E-state index in [2.05, 4.69) is 20.9 Å². The van der Waals surface area contributed by atoms with Crippen LogP contribution < -0.4 is 9.47 Å². The first-order chi connectivity index (χ1) is 15.7. The Bertz CT molecular complexity index is 1010. The number of fused-ring (bicyclic) bond motifs is 1. The van der Waals surface area contributed by atoms with Gasteiger partial charge in [0, 0.05) is 43.7 Å². The standard InChI is InChI=1S/C24H27ClN4O3/c1-31-20-7-8-21-22(14-20)32-17-19(15-25)29(24(21)30)13-3-2-11-28-12-4-6-18(16-28)23-26-9-5-10-27-23/h5-10,14,17H,2-4,11-13,15-16H2,1H3. The third kappa shape index (κ3) is 5.11. The fourth-order valence-electron chi connectivity index (χ4n) is 3.95. The van der Waals surface area contributed by atoms with E-state index in [-0.39, 0.29) is 11.8 Å². The number of nitrogens with zero attached hydrogens (tertiary/aromatic N) is 4. The van der Waals surface area contributed by atoms with Gasteiger partial charge in [-0.05, 0) is 44.0 Å². The van der Waals surface area contributed by atoms with Crippen molar-refractivity contribution in [3.8, 4) is 11.5 Å². The molecule has 1 aromatic heterocycles. The molecule has 1 amide bonds. The van der Waals surface area contributed by atoms with E-state index in [1.165, 1.54) is 5.57 Å². The van der Waals surface area contributed by atoms with Crippen LogP contribution in [0.15, 0.2) is 54.7 Å². The molecule has 0 spiro atoms. The first-order valence-electron chi connectivity index (χ1n) is 10.8. The third-order valence-electron chi connectivity index (χ3n) is 5.66. The van der Waals surface area contributed by atoms with Crippen LogP contribution >= 0.6 is 11.6 Å². The van der Waals surface area contributed by atoms with Crippen molar-refractivity contribution in [2.75, 3.05) is 39.2 Å². The summed E-state index contributed by atoms with van der Waals surface area (Å²) >= 11 is 6.13. The van der Waals surface area contributed by atoms with Gasteiger partial charge in [-0.15, -0.1) is 11.6 Å². The van der Waals surface area contributed by atoms with Crippen molar-refractivity contribution >= 4 is 23.1 Å². The molecule has 4 rings (SSSR count). The molecule has 168 valence electrons. The summed E-state index contributed by atoms with van der Waals surface area (Å²) in [6.45, 7) is 3.42. The monoisotopic (exact) mass is 454 g/mol. The predicted molar refractivity (Wildman–Crippen MR) is 124 cm³/mol. The molecule has 0 unspecified atom stereocenters. The highest BCUT2D eigenvalue weighted by atomic mass is 35.5. The second kappa shape index (κ2) is 10.6. The summed E-state index contributed by atoms with van der Waals surface area (Å²) in [5, 5.41) is 0. The average Bonchev–Trinajstić information content (AvgIpc) is 2.98. The van der Waals surface area contributed by atoms with Crippen LogP contribution in [0.4, 0.5) is 0 Å². The zero-order valence-electron chi connectivity index (χ0n) is 18.2. The molecule has 2 aliphatic heterocycles. The molecule has 2 aromatic rings. The summed E-state index contributed by atoms with van der Waals surface area (Å²) in [6, 6.07) is 7.05. The van der Waals surface area contributed by atoms with Gasteiger partial charge in [0.25, 0.3) is 5.91 Å². The second-order valence-electron chi connectivity index (χ2n) is 7.75. The Morgan fingerprint density at radius 2 is 2.00 bits per heavy atom. The normalized spacial score (nSPS) is 16.6. The Kier molecular flexibility index (Phi) is 7.39. The lowest BCUT2D eigenvalue weighted by Gasteiger charge is -2.27. The average molecular weight is 455 g/mol. The van der Waals surface area contributed by atoms with Gasteiger partial charge in [0.2, 0.25) is 0 Å². The van der Waals surface area contributed by atoms with Gasteiger partial charge in [0.1, 0.15) is 17.8 Å². The summed E-state index contributed by atoms with van der Waals surface area (Å²) in [5.41, 5.74) is 2.35. The minimum absolute atomic E-state index is 0.100. The fraction of sp³-hybridized carbons (Fsp3) is 0.375. The highest BCUT2D eigenvalue weighted by Crippen LogP contribution is 2.30. The smallest absolute Gasteiger partial charge is 0.261 e. The quantitative estimate of drug-likeness (QED) is 0.444. The minimum Gasteiger partial charge on any atom is -0.497 e. The van der Waals surface area contributed by atoms with E-state index in [9.17, 15) is 4.79 Å². The molecule has 0 saturated heterocycles. The number of ether oxygens (including phenoxy) is 2. The number of alkyl halides is 1. The highest BCUT2D eigenvalue weighted by Gasteiger charge is 2.26. The highest BCUT2D eigenvalue weighted by molar-refractivity contribution is 6.19. The number of rotatable bonds is 8. The zero-order valence-corrected chi connectivity index (χ0v) is 18.9. The number of allylic oxidation sites excluding steroid dienone is 1. The molecule has 7 nitrogen and oxygen atoms in total. The topological polar surface area (TPSA) is 67.8 Å². The van der Waals surface area contributed by atoms with Crippen LogP contribution in [-0.2, 0) is 0 Å². The van der Waals surface area contributed by atoms with Crippen LogP contribution in [0.5, 0.6) is 11.5 Å². The summed E-state index contributed by atoms with van der Waals surface area (Å²) in [5.74, 6) is 2.03. The second-order valence-corrected chi connectivity index (χ2v) is 8.02. The minimum atomic E-state index is -0.100. The lowest BCUT2D eigenvalue weighted by Crippen LogP contribution is -2.33. The van der Waals surface area contributed by atoms with Crippen molar-refractivity contribution in [3.05, 3.63) is 66.1 Å². The van der Waals surface area contributed by atoms with E-state index in [4.69, 9.17) is 21.1 Å². The van der Waals surface area contributed by atoms with Crippen LogP contribution in [0.1, 0.15) is 35.4 Å². The van der Waals surface area contributed by atoms with Crippen LogP contribution in [0.3, 0.4) is 0 Å². The van der Waals surface area contributed by atoms with Gasteiger partial charge >= 0.3 is 0 Å². The number of halogens is 1. The lowest BCUT2D eigenvalue weighted by atomic mass is 10.1. The Morgan fingerprint density at radius 3 is 2.78 bits per heavy atom. The molecule has 0 atom stereocenters. The number of unbranched alkanes of at least 4 members (excludes halogenated alkanes) is 1. The number of hydrogen-bond acceptors (Lipinski definition) is 6. The molecule has 32 heavy (non-hydrogen) atoms. The van der Waals surface area contributed by atoms with Crippen LogP contribution in [-0.4, -0.2) is 64.8 Å². The molecule has 0 saturated carbocycles. The van der Waals surface area contributed by atoms with Crippen molar-refractivity contribution < 1.29 is 14.3 Å². The van der Waals surface area contributed by atoms with E-state index < -0.39 is 0 Å². The van der Waals surface area contributed by atoms with Crippen molar-refractivity contribution in [1.29, 1.82) is 0 Å². The van der Waals surface area contributed by atoms with E-state index in [0.29, 0.717) is 29.3 Å². The third-order valence-corrected chi connectivity index (χ3v) is 5.93. The molecule has 0 radical (unpaired) electrons. The van der Waals surface area contributed by atoms with Gasteiger partial charge in [-0.25, -0.2) is 9.97 Å². The van der Waals surface area contributed by atoms with E-state index in [1.54, 1.807) is 48.9 Å². The van der Waals surface area contributed by atoms with Crippen LogP contribution in [0.25, 0.3) is 5.57 Å². The van der Waals surface area contributed by atoms with Crippen LogP contribution in [0, 0.1) is 0 Å². The van der Waals surface area contributed by atoms with Gasteiger partial charge in [-0.3, -0.25) is 9.69 Å². The predicted octanol–water partition coefficient (Wildman–Crippen LogP) is 3.97. The Hall–Kier alpha value is -2.90. The van der Waals surface area contributed by atoms with Gasteiger partial charge in [-0.2, -0.15) is 0 Å². The molecule has 3 heterocycles. The van der Waals surface area contributed by atoms with Gasteiger partial charge in [-0.1, -0.05) is 6.08 Å². The number of methoxy groups -OCH3 is 1. The number of hydrogen-bond donors (Lipinski definition) is 0. The van der Waals surface area contributed by atoms with E-state index >= 15 is 0 Å². The van der Waals surface area contributed by atoms with Crippen molar-refractivity contribution in [1.82, 2.24) is 19.8 Å². The maximum Gasteiger partial charge on any atom is 0.261 e. The first kappa shape index (κ1) is 22.3. The largest absolute Gasteiger partial charge is 0.497 e. The van der Waals surface area contributed by atoms with Gasteiger partial charge in [0.05, 0.1) is 24.3 Å². The molecular formula is C24H27ClN4O3. The Morgan fingerprint density at radius 1 is 1.19 bits per heavy atom. The van der Waals surface area contributed by atoms with Gasteiger partial charge < -0.3 is 14.4 Å². The molecule has 8 heteroatoms. The maximum atomic E-state index is 13.2. The fourth-order valence-corrected chi connectivity index (χ4v) is 4.16. The number of aromatic nitrogens is 2. The SMILES string of the molecule is COc1ccc2c(c1)OC=C(CCl)N(CCCCN1CCC=C(c3ncccn3)C1)C2=O. The summed E-state index contributed by atoms with van der Waals surface area (Å²) in [7, 11) is 1.58. The first-order valence-corrected chi connectivity index (χ1v) is 11.3. The molecule has 2 aliphatic rings.